The third-order valence-corrected chi connectivity index (χ3v) is 6.97. The molecule has 32 heavy (non-hydrogen) atoms. The van der Waals surface area contributed by atoms with Crippen molar-refractivity contribution in [2.24, 2.45) is 0 Å². The molecule has 0 aliphatic heterocycles. The topological polar surface area (TPSA) is 63.9 Å². The van der Waals surface area contributed by atoms with Gasteiger partial charge in [0.1, 0.15) is 6.33 Å². The third kappa shape index (κ3) is 4.61. The zero-order valence-electron chi connectivity index (χ0n) is 18.8. The summed E-state index contributed by atoms with van der Waals surface area (Å²) in [5.41, 5.74) is 7.45. The van der Waals surface area contributed by atoms with Gasteiger partial charge in [-0.05, 0) is 51.0 Å². The van der Waals surface area contributed by atoms with E-state index in [-0.39, 0.29) is 5.91 Å². The molecular weight excluding hydrogens is 438 g/mol. The van der Waals surface area contributed by atoms with E-state index in [2.05, 4.69) is 48.3 Å². The minimum absolute atomic E-state index is 0.0555. The summed E-state index contributed by atoms with van der Waals surface area (Å²) in [5, 5.41) is 11.9. The molecule has 0 atom stereocenters. The highest BCUT2D eigenvalue weighted by atomic mass is 32.2. The van der Waals surface area contributed by atoms with Gasteiger partial charge in [0.15, 0.2) is 10.3 Å². The number of benzene rings is 2. The number of carbonyl (C=O) groups is 1. The molecule has 0 unspecified atom stereocenters. The van der Waals surface area contributed by atoms with Crippen LogP contribution in [0.1, 0.15) is 34.9 Å². The lowest BCUT2D eigenvalue weighted by Gasteiger charge is -2.20. The summed E-state index contributed by atoms with van der Waals surface area (Å²) in [6, 6.07) is 12.4. The monoisotopic (exact) mass is 463 g/mol. The lowest BCUT2D eigenvalue weighted by Crippen LogP contribution is -2.23. The molecule has 0 fully saturated rings. The van der Waals surface area contributed by atoms with E-state index in [1.807, 2.05) is 35.9 Å². The zero-order valence-corrected chi connectivity index (χ0v) is 20.4. The van der Waals surface area contributed by atoms with Crippen LogP contribution in [-0.2, 0) is 10.5 Å². The van der Waals surface area contributed by atoms with Crippen molar-refractivity contribution < 1.29 is 4.79 Å². The maximum absolute atomic E-state index is 12.5. The molecule has 4 rings (SSSR count). The fourth-order valence-electron chi connectivity index (χ4n) is 3.63. The Morgan fingerprint density at radius 1 is 1.06 bits per heavy atom. The summed E-state index contributed by atoms with van der Waals surface area (Å²) in [4.78, 5) is 18.9. The van der Waals surface area contributed by atoms with Crippen LogP contribution < -0.4 is 4.90 Å². The molecule has 0 N–H and O–H groups in total. The third-order valence-electron chi connectivity index (χ3n) is 5.12. The predicted molar refractivity (Wildman–Crippen MR) is 131 cm³/mol. The number of aromatic nitrogens is 4. The molecule has 164 valence electrons. The van der Waals surface area contributed by atoms with Gasteiger partial charge in [-0.1, -0.05) is 47.2 Å². The molecule has 0 bridgehead atoms. The van der Waals surface area contributed by atoms with Crippen LogP contribution in [0.15, 0.2) is 53.3 Å². The summed E-state index contributed by atoms with van der Waals surface area (Å²) in [6.07, 6.45) is 1.74. The molecule has 1 amide bonds. The van der Waals surface area contributed by atoms with Crippen molar-refractivity contribution >= 4 is 39.8 Å². The van der Waals surface area contributed by atoms with Crippen molar-refractivity contribution in [1.29, 1.82) is 0 Å². The Balaban J connectivity index is 1.54. The Kier molecular flexibility index (Phi) is 6.43. The highest BCUT2D eigenvalue weighted by Crippen LogP contribution is 2.33. The molecule has 6 nitrogen and oxygen atoms in total. The van der Waals surface area contributed by atoms with Crippen molar-refractivity contribution in [3.05, 3.63) is 76.1 Å². The molecular formula is C24H25N5OS2. The van der Waals surface area contributed by atoms with Gasteiger partial charge in [-0.15, -0.1) is 21.5 Å². The van der Waals surface area contributed by atoms with E-state index < -0.39 is 0 Å². The lowest BCUT2D eigenvalue weighted by molar-refractivity contribution is -0.115. The van der Waals surface area contributed by atoms with E-state index in [1.165, 1.54) is 28.0 Å². The second-order valence-electron chi connectivity index (χ2n) is 7.83. The van der Waals surface area contributed by atoms with Crippen LogP contribution in [0.3, 0.4) is 0 Å². The number of anilines is 2. The second-order valence-corrected chi connectivity index (χ2v) is 9.61. The summed E-state index contributed by atoms with van der Waals surface area (Å²) >= 11 is 3.05. The van der Waals surface area contributed by atoms with Gasteiger partial charge in [-0.2, -0.15) is 0 Å². The first-order valence-corrected chi connectivity index (χ1v) is 12.1. The average Bonchev–Trinajstić information content (AvgIpc) is 3.38. The number of thiazole rings is 1. The van der Waals surface area contributed by atoms with E-state index >= 15 is 0 Å². The maximum Gasteiger partial charge on any atom is 0.230 e. The molecule has 0 saturated heterocycles. The number of hydrogen-bond donors (Lipinski definition) is 0. The molecule has 4 aromatic rings. The van der Waals surface area contributed by atoms with Crippen molar-refractivity contribution in [3.8, 4) is 5.69 Å². The highest BCUT2D eigenvalue weighted by Gasteiger charge is 2.20. The molecule has 0 spiro atoms. The van der Waals surface area contributed by atoms with Gasteiger partial charge >= 0.3 is 0 Å². The van der Waals surface area contributed by atoms with E-state index in [9.17, 15) is 4.79 Å². The standard InChI is InChI=1S/C24H25N5OS2/c1-15-6-8-21(17(3)10-15)28-14-25-27-24(28)32-13-20-12-31-23(26-20)29(19(5)30)22-9-7-16(2)11-18(22)4/h6-12,14H,13H2,1-5H3. The first kappa shape index (κ1) is 22.2. The Labute approximate surface area is 196 Å². The number of rotatable bonds is 6. The van der Waals surface area contributed by atoms with Gasteiger partial charge in [-0.25, -0.2) is 4.98 Å². The molecule has 2 heterocycles. The molecule has 2 aromatic heterocycles. The summed E-state index contributed by atoms with van der Waals surface area (Å²) in [6.45, 7) is 9.81. The Morgan fingerprint density at radius 3 is 2.47 bits per heavy atom. The fraction of sp³-hybridized carbons (Fsp3) is 0.250. The van der Waals surface area contributed by atoms with E-state index in [0.717, 1.165) is 27.8 Å². The smallest absolute Gasteiger partial charge is 0.230 e. The van der Waals surface area contributed by atoms with Crippen LogP contribution >= 0.6 is 23.1 Å². The number of thioether (sulfide) groups is 1. The molecule has 0 aliphatic rings. The van der Waals surface area contributed by atoms with Gasteiger partial charge in [0.25, 0.3) is 0 Å². The molecule has 0 aliphatic carbocycles. The highest BCUT2D eigenvalue weighted by molar-refractivity contribution is 7.98. The summed E-state index contributed by atoms with van der Waals surface area (Å²) in [5.74, 6) is 0.582. The van der Waals surface area contributed by atoms with Gasteiger partial charge in [0.2, 0.25) is 5.91 Å². The fourth-order valence-corrected chi connectivity index (χ4v) is 5.43. The number of aryl methyl sites for hydroxylation is 4. The second kappa shape index (κ2) is 9.26. The normalized spacial score (nSPS) is 11.0. The predicted octanol–water partition coefficient (Wildman–Crippen LogP) is 5.93. The van der Waals surface area contributed by atoms with Crippen molar-refractivity contribution in [1.82, 2.24) is 19.7 Å². The largest absolute Gasteiger partial charge is 0.276 e. The van der Waals surface area contributed by atoms with Crippen molar-refractivity contribution in [2.45, 2.75) is 45.5 Å². The van der Waals surface area contributed by atoms with Gasteiger partial charge < -0.3 is 0 Å². The SMILES string of the molecule is CC(=O)N(c1nc(CSc2nncn2-c2ccc(C)cc2C)cs1)c1ccc(C)cc1C. The Hall–Kier alpha value is -2.97. The quantitative estimate of drug-likeness (QED) is 0.331. The van der Waals surface area contributed by atoms with Gasteiger partial charge in [-0.3, -0.25) is 14.3 Å². The number of nitrogens with zero attached hydrogens (tertiary/aromatic N) is 5. The summed E-state index contributed by atoms with van der Waals surface area (Å²) in [7, 11) is 0. The van der Waals surface area contributed by atoms with Crippen LogP contribution in [0.5, 0.6) is 0 Å². The number of amides is 1. The molecule has 2 aromatic carbocycles. The van der Waals surface area contributed by atoms with Gasteiger partial charge in [0, 0.05) is 18.1 Å². The summed E-state index contributed by atoms with van der Waals surface area (Å²) < 4.78 is 2.00. The first-order chi connectivity index (χ1) is 15.3. The van der Waals surface area contributed by atoms with E-state index in [1.54, 1.807) is 29.9 Å². The number of carbonyl (C=O) groups excluding carboxylic acids is 1. The molecule has 0 saturated carbocycles. The minimum atomic E-state index is -0.0555. The molecule has 0 radical (unpaired) electrons. The Bertz CT molecular complexity index is 1280. The minimum Gasteiger partial charge on any atom is -0.276 e. The van der Waals surface area contributed by atoms with Gasteiger partial charge in [0.05, 0.1) is 17.1 Å². The van der Waals surface area contributed by atoms with Crippen LogP contribution in [-0.4, -0.2) is 25.7 Å². The van der Waals surface area contributed by atoms with Crippen LogP contribution in [0.2, 0.25) is 0 Å². The molecule has 8 heteroatoms. The van der Waals surface area contributed by atoms with Crippen molar-refractivity contribution in [3.63, 3.8) is 0 Å². The maximum atomic E-state index is 12.5. The zero-order chi connectivity index (χ0) is 22.8. The van der Waals surface area contributed by atoms with Crippen LogP contribution in [0.25, 0.3) is 5.69 Å². The van der Waals surface area contributed by atoms with Crippen LogP contribution in [0, 0.1) is 27.7 Å². The van der Waals surface area contributed by atoms with Crippen LogP contribution in [0.4, 0.5) is 10.8 Å². The Morgan fingerprint density at radius 2 is 1.78 bits per heavy atom. The lowest BCUT2D eigenvalue weighted by atomic mass is 10.1. The van der Waals surface area contributed by atoms with Crippen molar-refractivity contribution in [2.75, 3.05) is 4.90 Å². The first-order valence-electron chi connectivity index (χ1n) is 10.3. The van der Waals surface area contributed by atoms with E-state index in [4.69, 9.17) is 4.98 Å². The van der Waals surface area contributed by atoms with E-state index in [0.29, 0.717) is 10.9 Å². The average molecular weight is 464 g/mol. The number of hydrogen-bond acceptors (Lipinski definition) is 6.